The van der Waals surface area contributed by atoms with Gasteiger partial charge in [-0.05, 0) is 32.1 Å². The SMILES string of the molecule is OC[C@H]1O[C@@H](c2nn(C3CCCCO3)c3c(OC4CCCCO4)ncnc23)C[C@@H]1O. The van der Waals surface area contributed by atoms with Crippen LogP contribution in [0.3, 0.4) is 0 Å². The van der Waals surface area contributed by atoms with Crippen molar-refractivity contribution in [2.24, 2.45) is 0 Å². The number of rotatable bonds is 5. The van der Waals surface area contributed by atoms with Crippen LogP contribution in [0, 0.1) is 0 Å². The topological polar surface area (TPSA) is 121 Å². The highest BCUT2D eigenvalue weighted by atomic mass is 16.7. The van der Waals surface area contributed by atoms with Gasteiger partial charge in [-0.1, -0.05) is 0 Å². The van der Waals surface area contributed by atoms with Gasteiger partial charge >= 0.3 is 0 Å². The molecular formula is C20H28N4O6. The van der Waals surface area contributed by atoms with Crippen molar-refractivity contribution in [2.45, 2.75) is 75.8 Å². The molecule has 0 spiro atoms. The Morgan fingerprint density at radius 1 is 1.10 bits per heavy atom. The summed E-state index contributed by atoms with van der Waals surface area (Å²) in [6, 6.07) is 0. The van der Waals surface area contributed by atoms with Gasteiger partial charge in [-0.2, -0.15) is 10.1 Å². The maximum atomic E-state index is 10.2. The summed E-state index contributed by atoms with van der Waals surface area (Å²) in [5.41, 5.74) is 1.87. The van der Waals surface area contributed by atoms with E-state index in [4.69, 9.17) is 24.0 Å². The molecule has 3 aliphatic heterocycles. The lowest BCUT2D eigenvalue weighted by atomic mass is 10.1. The average Bonchev–Trinajstić information content (AvgIpc) is 3.36. The molecule has 10 heteroatoms. The number of ether oxygens (including phenoxy) is 4. The van der Waals surface area contributed by atoms with Crippen molar-refractivity contribution in [2.75, 3.05) is 19.8 Å². The van der Waals surface area contributed by atoms with E-state index in [1.807, 2.05) is 0 Å². The van der Waals surface area contributed by atoms with Gasteiger partial charge in [0.1, 0.15) is 29.7 Å². The van der Waals surface area contributed by atoms with E-state index < -0.39 is 18.3 Å². The lowest BCUT2D eigenvalue weighted by Gasteiger charge is -2.25. The monoisotopic (exact) mass is 420 g/mol. The van der Waals surface area contributed by atoms with Crippen molar-refractivity contribution in [3.8, 4) is 5.88 Å². The van der Waals surface area contributed by atoms with Crippen LogP contribution in [0.4, 0.5) is 0 Å². The number of hydrogen-bond acceptors (Lipinski definition) is 9. The molecule has 5 rings (SSSR count). The third kappa shape index (κ3) is 3.78. The molecule has 3 saturated heterocycles. The summed E-state index contributed by atoms with van der Waals surface area (Å²) in [6.07, 6.45) is 5.13. The first-order chi connectivity index (χ1) is 14.7. The van der Waals surface area contributed by atoms with E-state index in [0.29, 0.717) is 42.2 Å². The molecule has 0 radical (unpaired) electrons. The van der Waals surface area contributed by atoms with Gasteiger partial charge in [0.2, 0.25) is 12.2 Å². The van der Waals surface area contributed by atoms with Crippen LogP contribution >= 0.6 is 0 Å². The van der Waals surface area contributed by atoms with Gasteiger partial charge in [-0.15, -0.1) is 0 Å². The summed E-state index contributed by atoms with van der Waals surface area (Å²) in [4.78, 5) is 8.86. The van der Waals surface area contributed by atoms with Gasteiger partial charge in [-0.25, -0.2) is 9.67 Å². The highest BCUT2D eigenvalue weighted by Gasteiger charge is 2.38. The molecule has 0 bridgehead atoms. The summed E-state index contributed by atoms with van der Waals surface area (Å²) in [5, 5.41) is 24.5. The van der Waals surface area contributed by atoms with E-state index in [2.05, 4.69) is 9.97 Å². The Balaban J connectivity index is 1.55. The van der Waals surface area contributed by atoms with Crippen molar-refractivity contribution in [1.82, 2.24) is 19.7 Å². The predicted octanol–water partition coefficient (Wildman–Crippen LogP) is 1.61. The van der Waals surface area contributed by atoms with Crippen LogP contribution in [0.25, 0.3) is 11.0 Å². The van der Waals surface area contributed by atoms with E-state index >= 15 is 0 Å². The summed E-state index contributed by atoms with van der Waals surface area (Å²) >= 11 is 0. The van der Waals surface area contributed by atoms with E-state index in [9.17, 15) is 10.2 Å². The lowest BCUT2D eigenvalue weighted by Crippen LogP contribution is -2.26. The molecule has 0 amide bonds. The summed E-state index contributed by atoms with van der Waals surface area (Å²) in [7, 11) is 0. The molecule has 3 fully saturated rings. The van der Waals surface area contributed by atoms with Crippen molar-refractivity contribution in [3.05, 3.63) is 12.0 Å². The molecule has 2 N–H and O–H groups in total. The Hall–Kier alpha value is -1.85. The number of fused-ring (bicyclic) bond motifs is 1. The molecule has 0 saturated carbocycles. The second kappa shape index (κ2) is 8.72. The first-order valence-electron chi connectivity index (χ1n) is 10.8. The van der Waals surface area contributed by atoms with Gasteiger partial charge in [0.05, 0.1) is 19.3 Å². The highest BCUT2D eigenvalue weighted by Crippen LogP contribution is 2.39. The standard InChI is InChI=1S/C20H28N4O6/c25-10-14-12(26)9-13(29-14)17-18-19(24(23-17)15-5-1-3-7-27-15)20(22-11-21-18)30-16-6-2-4-8-28-16/h11-16,25-26H,1-10H2/t12-,13+,14+,15?,16?/m0/s1. The number of nitrogens with zero attached hydrogens (tertiary/aromatic N) is 4. The number of aliphatic hydroxyl groups is 2. The molecule has 2 unspecified atom stereocenters. The molecule has 10 nitrogen and oxygen atoms in total. The fourth-order valence-corrected chi connectivity index (χ4v) is 4.40. The van der Waals surface area contributed by atoms with Crippen LogP contribution in [0.5, 0.6) is 5.88 Å². The summed E-state index contributed by atoms with van der Waals surface area (Å²) in [5.74, 6) is 0.414. The fourth-order valence-electron chi connectivity index (χ4n) is 4.40. The summed E-state index contributed by atoms with van der Waals surface area (Å²) < 4.78 is 25.5. The first-order valence-corrected chi connectivity index (χ1v) is 10.8. The molecular weight excluding hydrogens is 392 g/mol. The molecule has 3 aliphatic rings. The molecule has 2 aromatic heterocycles. The minimum atomic E-state index is -0.751. The molecule has 5 atom stereocenters. The summed E-state index contributed by atoms with van der Waals surface area (Å²) in [6.45, 7) is 1.10. The number of aliphatic hydroxyl groups excluding tert-OH is 2. The van der Waals surface area contributed by atoms with E-state index in [1.54, 1.807) is 4.68 Å². The van der Waals surface area contributed by atoms with Crippen LogP contribution in [-0.4, -0.2) is 68.3 Å². The molecule has 0 aromatic carbocycles. The average molecular weight is 420 g/mol. The van der Waals surface area contributed by atoms with E-state index in [-0.39, 0.29) is 19.1 Å². The molecule has 0 aliphatic carbocycles. The minimum absolute atomic E-state index is 0.240. The molecule has 2 aromatic rings. The third-order valence-electron chi connectivity index (χ3n) is 5.99. The van der Waals surface area contributed by atoms with Crippen LogP contribution in [-0.2, 0) is 14.2 Å². The zero-order chi connectivity index (χ0) is 20.5. The van der Waals surface area contributed by atoms with Crippen molar-refractivity contribution in [1.29, 1.82) is 0 Å². The Morgan fingerprint density at radius 3 is 2.63 bits per heavy atom. The predicted molar refractivity (Wildman–Crippen MR) is 104 cm³/mol. The van der Waals surface area contributed by atoms with Crippen LogP contribution in [0.1, 0.15) is 63.0 Å². The smallest absolute Gasteiger partial charge is 0.245 e. The van der Waals surface area contributed by atoms with Crippen molar-refractivity contribution < 1.29 is 29.2 Å². The zero-order valence-electron chi connectivity index (χ0n) is 16.9. The van der Waals surface area contributed by atoms with Crippen LogP contribution in [0.15, 0.2) is 6.33 Å². The Morgan fingerprint density at radius 2 is 1.93 bits per heavy atom. The fraction of sp³-hybridized carbons (Fsp3) is 0.750. The molecule has 30 heavy (non-hydrogen) atoms. The third-order valence-corrected chi connectivity index (χ3v) is 5.99. The van der Waals surface area contributed by atoms with Gasteiger partial charge < -0.3 is 29.2 Å². The minimum Gasteiger partial charge on any atom is -0.446 e. The van der Waals surface area contributed by atoms with E-state index in [0.717, 1.165) is 38.5 Å². The lowest BCUT2D eigenvalue weighted by molar-refractivity contribution is -0.107. The zero-order valence-corrected chi connectivity index (χ0v) is 16.9. The molecule has 5 heterocycles. The normalized spacial score (nSPS) is 32.5. The van der Waals surface area contributed by atoms with Crippen molar-refractivity contribution >= 4 is 11.0 Å². The molecule has 164 valence electrons. The second-order valence-corrected chi connectivity index (χ2v) is 8.09. The Kier molecular flexibility index (Phi) is 5.83. The second-order valence-electron chi connectivity index (χ2n) is 8.09. The van der Waals surface area contributed by atoms with Gasteiger partial charge in [0.25, 0.3) is 0 Å². The van der Waals surface area contributed by atoms with Crippen molar-refractivity contribution in [3.63, 3.8) is 0 Å². The number of hydrogen-bond donors (Lipinski definition) is 2. The quantitative estimate of drug-likeness (QED) is 0.743. The van der Waals surface area contributed by atoms with Gasteiger partial charge in [0.15, 0.2) is 11.7 Å². The van der Waals surface area contributed by atoms with Crippen LogP contribution < -0.4 is 4.74 Å². The van der Waals surface area contributed by atoms with Gasteiger partial charge in [0, 0.05) is 19.4 Å². The largest absolute Gasteiger partial charge is 0.446 e. The number of aromatic nitrogens is 4. The Bertz CT molecular complexity index is 864. The first kappa shape index (κ1) is 20.1. The van der Waals surface area contributed by atoms with Gasteiger partial charge in [-0.3, -0.25) is 0 Å². The maximum Gasteiger partial charge on any atom is 0.245 e. The Labute approximate surface area is 174 Å². The highest BCUT2D eigenvalue weighted by molar-refractivity contribution is 5.82. The maximum absolute atomic E-state index is 10.2. The van der Waals surface area contributed by atoms with E-state index in [1.165, 1.54) is 6.33 Å². The van der Waals surface area contributed by atoms with Crippen LogP contribution in [0.2, 0.25) is 0 Å².